The third kappa shape index (κ3) is 2.44. The first-order valence-electron chi connectivity index (χ1n) is 4.71. The monoisotopic (exact) mass is 184 g/mol. The summed E-state index contributed by atoms with van der Waals surface area (Å²) in [6, 6.07) is 0.212. The van der Waals surface area contributed by atoms with Gasteiger partial charge >= 0.3 is 6.09 Å². The predicted molar refractivity (Wildman–Crippen MR) is 51.2 cm³/mol. The molecule has 0 radical (unpaired) electrons. The van der Waals surface area contributed by atoms with Gasteiger partial charge in [-0.05, 0) is 13.3 Å². The number of ether oxygens (including phenoxy) is 1. The Kier molecular flexibility index (Phi) is 3.73. The average Bonchev–Trinajstić information content (AvgIpc) is 2.18. The van der Waals surface area contributed by atoms with Crippen molar-refractivity contribution in [3.05, 3.63) is 0 Å². The van der Waals surface area contributed by atoms with Crippen LogP contribution in [0, 0.1) is 0 Å². The fourth-order valence-corrected chi connectivity index (χ4v) is 1.37. The van der Waals surface area contributed by atoms with Crippen LogP contribution in [0.2, 0.25) is 0 Å². The lowest BCUT2D eigenvalue weighted by Gasteiger charge is -2.30. The van der Waals surface area contributed by atoms with Gasteiger partial charge in [0, 0.05) is 6.21 Å². The molecule has 1 heterocycles. The standard InChI is InChI=1S/C9H16N2O2/c1-3-8-7-10-5-6-11(8)9(12)13-4-2/h5,8H,3-4,6-7H2,1-2H3. The minimum atomic E-state index is -0.222. The highest BCUT2D eigenvalue weighted by Gasteiger charge is 2.24. The van der Waals surface area contributed by atoms with Gasteiger partial charge in [0.25, 0.3) is 0 Å². The fraction of sp³-hybridized carbons (Fsp3) is 0.778. The van der Waals surface area contributed by atoms with Gasteiger partial charge in [-0.1, -0.05) is 6.92 Å². The first kappa shape index (κ1) is 10.0. The molecule has 1 aliphatic heterocycles. The number of carbonyl (C=O) groups is 1. The molecule has 4 heteroatoms. The summed E-state index contributed by atoms with van der Waals surface area (Å²) >= 11 is 0. The van der Waals surface area contributed by atoms with E-state index in [2.05, 4.69) is 11.9 Å². The van der Waals surface area contributed by atoms with E-state index in [-0.39, 0.29) is 12.1 Å². The Labute approximate surface area is 78.6 Å². The zero-order valence-corrected chi connectivity index (χ0v) is 8.19. The molecule has 4 nitrogen and oxygen atoms in total. The minimum Gasteiger partial charge on any atom is -0.450 e. The van der Waals surface area contributed by atoms with Gasteiger partial charge in [0.05, 0.1) is 25.7 Å². The Bertz CT molecular complexity index is 204. The largest absolute Gasteiger partial charge is 0.450 e. The Balaban J connectivity index is 2.55. The van der Waals surface area contributed by atoms with Gasteiger partial charge in [-0.25, -0.2) is 4.79 Å². The molecule has 1 atom stereocenters. The van der Waals surface area contributed by atoms with Gasteiger partial charge in [-0.2, -0.15) is 0 Å². The predicted octanol–water partition coefficient (Wildman–Crippen LogP) is 1.31. The van der Waals surface area contributed by atoms with Gasteiger partial charge in [-0.3, -0.25) is 9.89 Å². The lowest BCUT2D eigenvalue weighted by molar-refractivity contribution is 0.0959. The van der Waals surface area contributed by atoms with Crippen LogP contribution in [0.15, 0.2) is 4.99 Å². The summed E-state index contributed by atoms with van der Waals surface area (Å²) in [5, 5.41) is 0. The summed E-state index contributed by atoms with van der Waals surface area (Å²) in [4.78, 5) is 17.3. The maximum Gasteiger partial charge on any atom is 0.410 e. The molecule has 0 aromatic heterocycles. The van der Waals surface area contributed by atoms with Crippen LogP contribution in [0.5, 0.6) is 0 Å². The molecule has 0 saturated heterocycles. The zero-order chi connectivity index (χ0) is 9.68. The molecule has 74 valence electrons. The second-order valence-corrected chi connectivity index (χ2v) is 2.96. The summed E-state index contributed by atoms with van der Waals surface area (Å²) in [5.74, 6) is 0. The van der Waals surface area contributed by atoms with E-state index in [0.717, 1.165) is 6.42 Å². The molecule has 1 aliphatic rings. The molecule has 0 N–H and O–H groups in total. The lowest BCUT2D eigenvalue weighted by Crippen LogP contribution is -2.45. The summed E-state index contributed by atoms with van der Waals surface area (Å²) in [6.07, 6.45) is 2.47. The minimum absolute atomic E-state index is 0.212. The maximum absolute atomic E-state index is 11.4. The summed E-state index contributed by atoms with van der Waals surface area (Å²) in [6.45, 7) is 5.59. The van der Waals surface area contributed by atoms with Crippen LogP contribution in [0.25, 0.3) is 0 Å². The number of carbonyl (C=O) groups excluding carboxylic acids is 1. The Hall–Kier alpha value is -1.06. The van der Waals surface area contributed by atoms with Gasteiger partial charge in [-0.15, -0.1) is 0 Å². The van der Waals surface area contributed by atoms with E-state index in [1.54, 1.807) is 11.1 Å². The summed E-state index contributed by atoms with van der Waals surface area (Å²) in [5.41, 5.74) is 0. The Morgan fingerprint density at radius 1 is 1.69 bits per heavy atom. The van der Waals surface area contributed by atoms with E-state index in [9.17, 15) is 4.79 Å². The van der Waals surface area contributed by atoms with Crippen molar-refractivity contribution in [2.45, 2.75) is 26.3 Å². The van der Waals surface area contributed by atoms with Crippen LogP contribution >= 0.6 is 0 Å². The van der Waals surface area contributed by atoms with Crippen LogP contribution in [0.4, 0.5) is 4.79 Å². The van der Waals surface area contributed by atoms with Crippen LogP contribution in [0.1, 0.15) is 20.3 Å². The molecule has 0 fully saturated rings. The first-order valence-corrected chi connectivity index (χ1v) is 4.71. The van der Waals surface area contributed by atoms with E-state index in [1.165, 1.54) is 0 Å². The third-order valence-electron chi connectivity index (χ3n) is 2.14. The first-order chi connectivity index (χ1) is 6.29. The number of amides is 1. The molecule has 1 rings (SSSR count). The smallest absolute Gasteiger partial charge is 0.410 e. The molecule has 13 heavy (non-hydrogen) atoms. The van der Waals surface area contributed by atoms with Crippen molar-refractivity contribution in [1.82, 2.24) is 4.90 Å². The second-order valence-electron chi connectivity index (χ2n) is 2.96. The number of hydrogen-bond acceptors (Lipinski definition) is 3. The SMILES string of the molecule is CCOC(=O)N1CC=NCC1CC. The summed E-state index contributed by atoms with van der Waals surface area (Å²) in [7, 11) is 0. The average molecular weight is 184 g/mol. The van der Waals surface area contributed by atoms with E-state index in [0.29, 0.717) is 19.7 Å². The maximum atomic E-state index is 11.4. The number of nitrogens with zero attached hydrogens (tertiary/aromatic N) is 2. The van der Waals surface area contributed by atoms with Crippen LogP contribution < -0.4 is 0 Å². The highest BCUT2D eigenvalue weighted by atomic mass is 16.6. The molecule has 0 saturated carbocycles. The molecule has 1 amide bonds. The molecular formula is C9H16N2O2. The van der Waals surface area contributed by atoms with Crippen molar-refractivity contribution in [3.63, 3.8) is 0 Å². The number of aliphatic imine (C=N–C) groups is 1. The highest BCUT2D eigenvalue weighted by Crippen LogP contribution is 2.09. The number of rotatable bonds is 2. The summed E-state index contributed by atoms with van der Waals surface area (Å²) < 4.78 is 4.94. The van der Waals surface area contributed by atoms with Crippen molar-refractivity contribution in [1.29, 1.82) is 0 Å². The third-order valence-corrected chi connectivity index (χ3v) is 2.14. The van der Waals surface area contributed by atoms with Gasteiger partial charge < -0.3 is 4.74 Å². The van der Waals surface area contributed by atoms with Gasteiger partial charge in [0.15, 0.2) is 0 Å². The molecule has 0 aromatic carbocycles. The Morgan fingerprint density at radius 2 is 2.46 bits per heavy atom. The molecule has 0 bridgehead atoms. The van der Waals surface area contributed by atoms with E-state index in [1.807, 2.05) is 6.92 Å². The molecule has 0 aromatic rings. The molecule has 0 aliphatic carbocycles. The van der Waals surface area contributed by atoms with Crippen molar-refractivity contribution in [3.8, 4) is 0 Å². The Morgan fingerprint density at radius 3 is 3.08 bits per heavy atom. The van der Waals surface area contributed by atoms with Crippen LogP contribution in [0.3, 0.4) is 0 Å². The van der Waals surface area contributed by atoms with Gasteiger partial charge in [0.2, 0.25) is 0 Å². The van der Waals surface area contributed by atoms with Gasteiger partial charge in [0.1, 0.15) is 0 Å². The normalized spacial score (nSPS) is 21.7. The number of hydrogen-bond donors (Lipinski definition) is 0. The zero-order valence-electron chi connectivity index (χ0n) is 8.19. The van der Waals surface area contributed by atoms with Crippen LogP contribution in [-0.2, 0) is 4.74 Å². The molecule has 0 spiro atoms. The van der Waals surface area contributed by atoms with E-state index in [4.69, 9.17) is 4.74 Å². The second kappa shape index (κ2) is 4.84. The lowest BCUT2D eigenvalue weighted by atomic mass is 10.2. The van der Waals surface area contributed by atoms with Crippen molar-refractivity contribution < 1.29 is 9.53 Å². The van der Waals surface area contributed by atoms with Crippen LogP contribution in [-0.4, -0.2) is 42.9 Å². The molecular weight excluding hydrogens is 168 g/mol. The van der Waals surface area contributed by atoms with Crippen molar-refractivity contribution in [2.24, 2.45) is 4.99 Å². The highest BCUT2D eigenvalue weighted by molar-refractivity contribution is 5.74. The molecule has 1 unspecified atom stereocenters. The van der Waals surface area contributed by atoms with Crippen molar-refractivity contribution in [2.75, 3.05) is 19.7 Å². The fourth-order valence-electron chi connectivity index (χ4n) is 1.37. The van der Waals surface area contributed by atoms with Crippen molar-refractivity contribution >= 4 is 12.3 Å². The topological polar surface area (TPSA) is 41.9 Å². The van der Waals surface area contributed by atoms with E-state index >= 15 is 0 Å². The quantitative estimate of drug-likeness (QED) is 0.649. The van der Waals surface area contributed by atoms with E-state index < -0.39 is 0 Å².